The number of amides is 1. The molecule has 0 bridgehead atoms. The number of benzene rings is 2. The van der Waals surface area contributed by atoms with Crippen LogP contribution in [0.4, 0.5) is 0 Å². The molecule has 0 saturated heterocycles. The first-order valence-corrected chi connectivity index (χ1v) is 9.53. The van der Waals surface area contributed by atoms with Crippen LogP contribution >= 0.6 is 11.3 Å². The normalized spacial score (nSPS) is 10.7. The second-order valence-corrected chi connectivity index (χ2v) is 7.05. The van der Waals surface area contributed by atoms with Crippen LogP contribution in [0.15, 0.2) is 78.3 Å². The lowest BCUT2D eigenvalue weighted by atomic mass is 10.1. The fourth-order valence-corrected chi connectivity index (χ4v) is 3.49. The Balaban J connectivity index is 1.32. The van der Waals surface area contributed by atoms with E-state index in [0.29, 0.717) is 12.3 Å². The summed E-state index contributed by atoms with van der Waals surface area (Å²) in [5, 5.41) is 7.15. The van der Waals surface area contributed by atoms with Gasteiger partial charge in [-0.05, 0) is 52.0 Å². The Bertz CT molecular complexity index is 1060. The van der Waals surface area contributed by atoms with Crippen LogP contribution in [0.2, 0.25) is 0 Å². The summed E-state index contributed by atoms with van der Waals surface area (Å²) in [4.78, 5) is 17.6. The number of hydrogen-bond donors (Lipinski definition) is 1. The van der Waals surface area contributed by atoms with Gasteiger partial charge in [0, 0.05) is 12.7 Å². The summed E-state index contributed by atoms with van der Waals surface area (Å²) in [7, 11) is 0. The van der Waals surface area contributed by atoms with Crippen LogP contribution in [-0.4, -0.2) is 17.5 Å². The predicted octanol–water partition coefficient (Wildman–Crippen LogP) is 4.66. The van der Waals surface area contributed by atoms with Gasteiger partial charge in [-0.15, -0.1) is 11.3 Å². The lowest BCUT2D eigenvalue weighted by molar-refractivity contribution is -0.123. The minimum absolute atomic E-state index is 0.0127. The molecule has 0 aliphatic heterocycles. The summed E-state index contributed by atoms with van der Waals surface area (Å²) in [6.45, 7) is 0.433. The van der Waals surface area contributed by atoms with Crippen LogP contribution in [0, 0.1) is 0 Å². The molecule has 134 valence electrons. The van der Waals surface area contributed by atoms with Crippen LogP contribution in [-0.2, 0) is 11.3 Å². The number of fused-ring (bicyclic) bond motifs is 1. The molecule has 0 aliphatic rings. The zero-order chi connectivity index (χ0) is 18.5. The van der Waals surface area contributed by atoms with E-state index in [0.717, 1.165) is 26.9 Å². The van der Waals surface area contributed by atoms with E-state index in [-0.39, 0.29) is 12.5 Å². The monoisotopic (exact) mass is 374 g/mol. The summed E-state index contributed by atoms with van der Waals surface area (Å²) in [6, 6.07) is 21.8. The third-order valence-electron chi connectivity index (χ3n) is 4.18. The van der Waals surface area contributed by atoms with Crippen molar-refractivity contribution >= 4 is 28.0 Å². The van der Waals surface area contributed by atoms with Gasteiger partial charge in [-0.2, -0.15) is 0 Å². The Morgan fingerprint density at radius 1 is 1.00 bits per heavy atom. The van der Waals surface area contributed by atoms with Crippen LogP contribution in [0.25, 0.3) is 21.3 Å². The molecule has 2 aromatic heterocycles. The molecule has 4 rings (SSSR count). The average molecular weight is 374 g/mol. The van der Waals surface area contributed by atoms with Crippen LogP contribution < -0.4 is 10.1 Å². The SMILES string of the molecule is O=C(COc1ccc2ccccc2c1)NCc1ccnc(-c2cccs2)c1. The largest absolute Gasteiger partial charge is 0.484 e. The summed E-state index contributed by atoms with van der Waals surface area (Å²) in [6.07, 6.45) is 1.77. The van der Waals surface area contributed by atoms with E-state index in [1.807, 2.05) is 72.1 Å². The van der Waals surface area contributed by atoms with Crippen LogP contribution in [0.1, 0.15) is 5.56 Å². The minimum atomic E-state index is -0.155. The van der Waals surface area contributed by atoms with Gasteiger partial charge in [0.05, 0.1) is 10.6 Å². The Morgan fingerprint density at radius 2 is 1.89 bits per heavy atom. The highest BCUT2D eigenvalue weighted by atomic mass is 32.1. The van der Waals surface area contributed by atoms with Crippen molar-refractivity contribution in [3.8, 4) is 16.3 Å². The van der Waals surface area contributed by atoms with E-state index >= 15 is 0 Å². The Kier molecular flexibility index (Phi) is 5.12. The van der Waals surface area contributed by atoms with Crippen LogP contribution in [0.3, 0.4) is 0 Å². The molecule has 0 saturated carbocycles. The number of thiophene rings is 1. The Morgan fingerprint density at radius 3 is 2.74 bits per heavy atom. The third kappa shape index (κ3) is 4.33. The first-order valence-electron chi connectivity index (χ1n) is 8.65. The van der Waals surface area contributed by atoms with Crippen molar-refractivity contribution in [1.29, 1.82) is 0 Å². The Hall–Kier alpha value is -3.18. The van der Waals surface area contributed by atoms with E-state index < -0.39 is 0 Å². The van der Waals surface area contributed by atoms with Gasteiger partial charge in [-0.25, -0.2) is 0 Å². The molecule has 0 radical (unpaired) electrons. The molecule has 0 atom stereocenters. The van der Waals surface area contributed by atoms with Crippen molar-refractivity contribution in [3.05, 3.63) is 83.9 Å². The molecule has 4 aromatic rings. The van der Waals surface area contributed by atoms with Gasteiger partial charge < -0.3 is 10.1 Å². The van der Waals surface area contributed by atoms with Crippen LogP contribution in [0.5, 0.6) is 5.75 Å². The van der Waals surface area contributed by atoms with Gasteiger partial charge >= 0.3 is 0 Å². The van der Waals surface area contributed by atoms with Gasteiger partial charge in [0.15, 0.2) is 6.61 Å². The van der Waals surface area contributed by atoms with Gasteiger partial charge in [-0.1, -0.05) is 36.4 Å². The summed E-state index contributed by atoms with van der Waals surface area (Å²) in [5.74, 6) is 0.533. The summed E-state index contributed by atoms with van der Waals surface area (Å²) in [5.41, 5.74) is 1.93. The molecular weight excluding hydrogens is 356 g/mol. The maximum Gasteiger partial charge on any atom is 0.258 e. The van der Waals surface area contributed by atoms with Gasteiger partial charge in [0.2, 0.25) is 0 Å². The molecule has 1 N–H and O–H groups in total. The maximum atomic E-state index is 12.1. The van der Waals surface area contributed by atoms with E-state index in [4.69, 9.17) is 4.74 Å². The number of nitrogens with zero attached hydrogens (tertiary/aromatic N) is 1. The second-order valence-electron chi connectivity index (χ2n) is 6.10. The van der Waals surface area contributed by atoms with E-state index in [9.17, 15) is 4.79 Å². The highest BCUT2D eigenvalue weighted by Gasteiger charge is 2.06. The standard InChI is InChI=1S/C22H18N2O2S/c25-22(15-26-19-8-7-17-4-1-2-5-18(17)13-19)24-14-16-9-10-23-20(12-16)21-6-3-11-27-21/h1-13H,14-15H2,(H,24,25). The van der Waals surface area contributed by atoms with Crippen molar-refractivity contribution < 1.29 is 9.53 Å². The zero-order valence-electron chi connectivity index (χ0n) is 14.6. The first kappa shape index (κ1) is 17.2. The minimum Gasteiger partial charge on any atom is -0.484 e. The number of aromatic nitrogens is 1. The van der Waals surface area contributed by atoms with E-state index in [1.54, 1.807) is 17.5 Å². The zero-order valence-corrected chi connectivity index (χ0v) is 15.4. The van der Waals surface area contributed by atoms with E-state index in [1.165, 1.54) is 0 Å². The van der Waals surface area contributed by atoms with E-state index in [2.05, 4.69) is 10.3 Å². The lowest BCUT2D eigenvalue weighted by Crippen LogP contribution is -2.28. The maximum absolute atomic E-state index is 12.1. The molecule has 4 nitrogen and oxygen atoms in total. The molecule has 2 aromatic carbocycles. The molecule has 1 amide bonds. The number of pyridine rings is 1. The molecular formula is C22H18N2O2S. The number of nitrogens with one attached hydrogen (secondary N) is 1. The van der Waals surface area contributed by atoms with Crippen molar-refractivity contribution in [1.82, 2.24) is 10.3 Å². The third-order valence-corrected chi connectivity index (χ3v) is 5.07. The van der Waals surface area contributed by atoms with Gasteiger partial charge in [-0.3, -0.25) is 9.78 Å². The molecule has 0 unspecified atom stereocenters. The number of carbonyl (C=O) groups is 1. The molecule has 0 aliphatic carbocycles. The number of hydrogen-bond acceptors (Lipinski definition) is 4. The number of ether oxygens (including phenoxy) is 1. The molecule has 5 heteroatoms. The molecule has 27 heavy (non-hydrogen) atoms. The molecule has 2 heterocycles. The smallest absolute Gasteiger partial charge is 0.258 e. The molecule has 0 fully saturated rings. The predicted molar refractivity (Wildman–Crippen MR) is 109 cm³/mol. The van der Waals surface area contributed by atoms with Crippen molar-refractivity contribution in [3.63, 3.8) is 0 Å². The highest BCUT2D eigenvalue weighted by molar-refractivity contribution is 7.13. The first-order chi connectivity index (χ1) is 13.3. The number of carbonyl (C=O) groups excluding carboxylic acids is 1. The summed E-state index contributed by atoms with van der Waals surface area (Å²) >= 11 is 1.65. The van der Waals surface area contributed by atoms with Gasteiger partial charge in [0.25, 0.3) is 5.91 Å². The van der Waals surface area contributed by atoms with Crippen molar-refractivity contribution in [2.24, 2.45) is 0 Å². The number of rotatable bonds is 6. The fourth-order valence-electron chi connectivity index (χ4n) is 2.80. The molecule has 0 spiro atoms. The van der Waals surface area contributed by atoms with Crippen molar-refractivity contribution in [2.45, 2.75) is 6.54 Å². The quantitative estimate of drug-likeness (QED) is 0.534. The van der Waals surface area contributed by atoms with Crippen molar-refractivity contribution in [2.75, 3.05) is 6.61 Å². The van der Waals surface area contributed by atoms with Gasteiger partial charge in [0.1, 0.15) is 5.75 Å². The second kappa shape index (κ2) is 8.01. The topological polar surface area (TPSA) is 51.2 Å². The Labute approximate surface area is 161 Å². The summed E-state index contributed by atoms with van der Waals surface area (Å²) < 4.78 is 5.62. The fraction of sp³-hybridized carbons (Fsp3) is 0.0909. The lowest BCUT2D eigenvalue weighted by Gasteiger charge is -2.09. The average Bonchev–Trinajstić information content (AvgIpc) is 3.26. The highest BCUT2D eigenvalue weighted by Crippen LogP contribution is 2.23.